The van der Waals surface area contributed by atoms with E-state index in [2.05, 4.69) is 5.32 Å². The first-order valence-electron chi connectivity index (χ1n) is 13.9. The Labute approximate surface area is 249 Å². The molecule has 0 heterocycles. The average Bonchev–Trinajstić information content (AvgIpc) is 2.92. The van der Waals surface area contributed by atoms with Crippen LogP contribution in [-0.4, -0.2) is 43.8 Å². The zero-order chi connectivity index (χ0) is 30.3. The predicted octanol–water partition coefficient (Wildman–Crippen LogP) is 6.18. The first kappa shape index (κ1) is 32.2. The Morgan fingerprint density at radius 1 is 0.878 bits per heavy atom. The van der Waals surface area contributed by atoms with Gasteiger partial charge in [0.15, 0.2) is 0 Å². The molecule has 0 fully saturated rings. The third-order valence-electron chi connectivity index (χ3n) is 7.07. The van der Waals surface area contributed by atoms with Crippen LogP contribution in [0.3, 0.4) is 0 Å². The monoisotopic (exact) mass is 597 g/mol. The fraction of sp³-hybridized carbons (Fsp3) is 0.375. The topological polar surface area (TPSA) is 86.8 Å². The first-order chi connectivity index (χ1) is 19.4. The van der Waals surface area contributed by atoms with Gasteiger partial charge in [-0.1, -0.05) is 67.4 Å². The van der Waals surface area contributed by atoms with E-state index in [4.69, 9.17) is 11.6 Å². The van der Waals surface area contributed by atoms with Crippen LogP contribution in [0.4, 0.5) is 5.69 Å². The largest absolute Gasteiger partial charge is 0.352 e. The number of sulfonamides is 1. The van der Waals surface area contributed by atoms with E-state index in [0.29, 0.717) is 22.7 Å². The van der Waals surface area contributed by atoms with Crippen molar-refractivity contribution in [2.24, 2.45) is 0 Å². The second-order valence-corrected chi connectivity index (χ2v) is 12.8. The highest BCUT2D eigenvalue weighted by atomic mass is 35.5. The van der Waals surface area contributed by atoms with E-state index < -0.39 is 28.5 Å². The van der Waals surface area contributed by atoms with Gasteiger partial charge in [0.05, 0.1) is 10.6 Å². The molecule has 0 saturated carbocycles. The lowest BCUT2D eigenvalue weighted by atomic mass is 10.1. The van der Waals surface area contributed by atoms with Gasteiger partial charge in [0.25, 0.3) is 10.0 Å². The van der Waals surface area contributed by atoms with Gasteiger partial charge in [0, 0.05) is 17.6 Å². The smallest absolute Gasteiger partial charge is 0.264 e. The molecule has 0 aliphatic rings. The molecule has 3 aromatic rings. The molecule has 0 aliphatic heterocycles. The van der Waals surface area contributed by atoms with Crippen molar-refractivity contribution in [1.82, 2.24) is 10.2 Å². The summed E-state index contributed by atoms with van der Waals surface area (Å²) in [5.74, 6) is -0.799. The molecule has 7 nitrogen and oxygen atoms in total. The van der Waals surface area contributed by atoms with Gasteiger partial charge in [-0.05, 0) is 87.6 Å². The minimum absolute atomic E-state index is 0.0518. The standard InChI is InChI=1S/C32H40ClN3O4S/c1-7-25(6)34-32(38)30(8-2)35(20-26-11-9-10-12-29(26)33)31(37)21-36(27-18-23(4)17-24(5)19-27)41(39,40)28-15-13-22(3)14-16-28/h9-19,25,30H,7-8,20-21H2,1-6H3,(H,34,38)/t25-,30-/m0/s1. The second-order valence-electron chi connectivity index (χ2n) is 10.5. The Hall–Kier alpha value is -3.36. The summed E-state index contributed by atoms with van der Waals surface area (Å²) in [7, 11) is -4.13. The maximum Gasteiger partial charge on any atom is 0.264 e. The van der Waals surface area contributed by atoms with Crippen LogP contribution < -0.4 is 9.62 Å². The SMILES string of the molecule is CC[C@H](C)NC(=O)[C@H](CC)N(Cc1ccccc1Cl)C(=O)CN(c1cc(C)cc(C)c1)S(=O)(=O)c1ccc(C)cc1. The first-order valence-corrected chi connectivity index (χ1v) is 15.7. The van der Waals surface area contributed by atoms with Crippen molar-refractivity contribution >= 4 is 39.1 Å². The normalized spacial score (nSPS) is 12.9. The molecule has 0 bridgehead atoms. The molecular formula is C32H40ClN3O4S. The van der Waals surface area contributed by atoms with Gasteiger partial charge in [-0.25, -0.2) is 8.42 Å². The maximum atomic E-state index is 14.2. The zero-order valence-corrected chi connectivity index (χ0v) is 26.2. The highest BCUT2D eigenvalue weighted by molar-refractivity contribution is 7.92. The van der Waals surface area contributed by atoms with E-state index in [1.807, 2.05) is 53.7 Å². The molecule has 0 radical (unpaired) electrons. The molecule has 0 unspecified atom stereocenters. The molecule has 220 valence electrons. The second kappa shape index (κ2) is 14.0. The summed E-state index contributed by atoms with van der Waals surface area (Å²) >= 11 is 6.46. The number of hydrogen-bond donors (Lipinski definition) is 1. The number of nitrogens with zero attached hydrogens (tertiary/aromatic N) is 2. The highest BCUT2D eigenvalue weighted by Gasteiger charge is 2.34. The Balaban J connectivity index is 2.10. The number of anilines is 1. The number of benzene rings is 3. The van der Waals surface area contributed by atoms with Crippen LogP contribution >= 0.6 is 11.6 Å². The minimum atomic E-state index is -4.13. The van der Waals surface area contributed by atoms with Crippen molar-refractivity contribution in [3.05, 3.63) is 94.0 Å². The average molecular weight is 598 g/mol. The quantitative estimate of drug-likeness (QED) is 0.270. The van der Waals surface area contributed by atoms with Crippen LogP contribution in [0.2, 0.25) is 5.02 Å². The molecule has 0 spiro atoms. The Morgan fingerprint density at radius 3 is 2.05 bits per heavy atom. The van der Waals surface area contributed by atoms with Gasteiger partial charge in [-0.2, -0.15) is 0 Å². The number of aryl methyl sites for hydroxylation is 3. The maximum absolute atomic E-state index is 14.2. The number of rotatable bonds is 12. The molecule has 0 aromatic heterocycles. The molecule has 0 saturated heterocycles. The van der Waals surface area contributed by atoms with Crippen LogP contribution in [0, 0.1) is 20.8 Å². The van der Waals surface area contributed by atoms with Crippen molar-refractivity contribution < 1.29 is 18.0 Å². The van der Waals surface area contributed by atoms with Crippen LogP contribution in [0.1, 0.15) is 55.9 Å². The Kier molecular flexibility index (Phi) is 11.0. The van der Waals surface area contributed by atoms with Gasteiger partial charge in [0.1, 0.15) is 12.6 Å². The van der Waals surface area contributed by atoms with Crippen molar-refractivity contribution in [3.8, 4) is 0 Å². The highest BCUT2D eigenvalue weighted by Crippen LogP contribution is 2.27. The van der Waals surface area contributed by atoms with Gasteiger partial charge in [-0.15, -0.1) is 0 Å². The van der Waals surface area contributed by atoms with Gasteiger partial charge in [0.2, 0.25) is 11.8 Å². The predicted molar refractivity (Wildman–Crippen MR) is 166 cm³/mol. The lowest BCUT2D eigenvalue weighted by Gasteiger charge is -2.34. The van der Waals surface area contributed by atoms with Gasteiger partial charge in [-0.3, -0.25) is 13.9 Å². The molecule has 3 rings (SSSR count). The van der Waals surface area contributed by atoms with E-state index >= 15 is 0 Å². The molecule has 9 heteroatoms. The summed E-state index contributed by atoms with van der Waals surface area (Å²) in [5.41, 5.74) is 3.69. The third-order valence-corrected chi connectivity index (χ3v) is 9.22. The number of nitrogens with one attached hydrogen (secondary N) is 1. The van der Waals surface area contributed by atoms with Crippen molar-refractivity contribution in [2.75, 3.05) is 10.8 Å². The number of amides is 2. The summed E-state index contributed by atoms with van der Waals surface area (Å²) in [5, 5.41) is 3.44. The molecular weight excluding hydrogens is 558 g/mol. The van der Waals surface area contributed by atoms with Gasteiger partial charge >= 0.3 is 0 Å². The van der Waals surface area contributed by atoms with Crippen molar-refractivity contribution in [1.29, 1.82) is 0 Å². The van der Waals surface area contributed by atoms with Crippen LogP contribution in [-0.2, 0) is 26.2 Å². The lowest BCUT2D eigenvalue weighted by molar-refractivity contribution is -0.140. The van der Waals surface area contributed by atoms with E-state index in [0.717, 1.165) is 27.4 Å². The Bertz CT molecular complexity index is 1450. The number of carbonyl (C=O) groups excluding carboxylic acids is 2. The fourth-order valence-corrected chi connectivity index (χ4v) is 6.22. The number of carbonyl (C=O) groups is 2. The van der Waals surface area contributed by atoms with Crippen LogP contribution in [0.5, 0.6) is 0 Å². The van der Waals surface area contributed by atoms with Gasteiger partial charge < -0.3 is 10.2 Å². The molecule has 2 amide bonds. The molecule has 41 heavy (non-hydrogen) atoms. The lowest BCUT2D eigenvalue weighted by Crippen LogP contribution is -2.53. The van der Waals surface area contributed by atoms with Crippen molar-refractivity contribution in [3.63, 3.8) is 0 Å². The molecule has 1 N–H and O–H groups in total. The van der Waals surface area contributed by atoms with Crippen molar-refractivity contribution in [2.45, 2.75) is 77.9 Å². The van der Waals surface area contributed by atoms with E-state index in [-0.39, 0.29) is 23.4 Å². The fourth-order valence-electron chi connectivity index (χ4n) is 4.63. The van der Waals surface area contributed by atoms with E-state index in [1.165, 1.54) is 4.90 Å². The number of hydrogen-bond acceptors (Lipinski definition) is 4. The summed E-state index contributed by atoms with van der Waals surface area (Å²) in [4.78, 5) is 29.1. The minimum Gasteiger partial charge on any atom is -0.352 e. The summed E-state index contributed by atoms with van der Waals surface area (Å²) < 4.78 is 29.2. The molecule has 3 aromatic carbocycles. The molecule has 0 aliphatic carbocycles. The Morgan fingerprint density at radius 2 is 1.49 bits per heavy atom. The summed E-state index contributed by atoms with van der Waals surface area (Å²) in [6.45, 7) is 10.9. The summed E-state index contributed by atoms with van der Waals surface area (Å²) in [6.07, 6.45) is 1.07. The van der Waals surface area contributed by atoms with E-state index in [9.17, 15) is 18.0 Å². The van der Waals surface area contributed by atoms with E-state index in [1.54, 1.807) is 54.6 Å². The number of halogens is 1. The van der Waals surface area contributed by atoms with Crippen LogP contribution in [0.25, 0.3) is 0 Å². The third kappa shape index (κ3) is 8.11. The molecule has 2 atom stereocenters. The van der Waals surface area contributed by atoms with Crippen LogP contribution in [0.15, 0.2) is 71.6 Å². The summed E-state index contributed by atoms with van der Waals surface area (Å²) in [6, 6.07) is 18.2. The zero-order valence-electron chi connectivity index (χ0n) is 24.6.